The van der Waals surface area contributed by atoms with Crippen molar-refractivity contribution in [3.8, 4) is 0 Å². The van der Waals surface area contributed by atoms with Crippen LogP contribution in [0.2, 0.25) is 0 Å². The number of halogens is 5. The zero-order valence-electron chi connectivity index (χ0n) is 13.8. The van der Waals surface area contributed by atoms with Gasteiger partial charge in [0.1, 0.15) is 17.7 Å². The van der Waals surface area contributed by atoms with Crippen molar-refractivity contribution in [2.45, 2.75) is 25.1 Å². The summed E-state index contributed by atoms with van der Waals surface area (Å²) in [7, 11) is 0. The van der Waals surface area contributed by atoms with Crippen molar-refractivity contribution in [3.05, 3.63) is 70.8 Å². The van der Waals surface area contributed by atoms with E-state index in [2.05, 4.69) is 5.32 Å². The molecule has 0 spiro atoms. The van der Waals surface area contributed by atoms with Gasteiger partial charge in [0, 0.05) is 12.0 Å². The maximum Gasteiger partial charge on any atom is 0.416 e. The Morgan fingerprint density at radius 3 is 2.15 bits per heavy atom. The number of alkyl halides is 3. The Kier molecular flexibility index (Phi) is 6.14. The number of primary amides is 1. The van der Waals surface area contributed by atoms with Gasteiger partial charge >= 0.3 is 6.18 Å². The third-order valence-electron chi connectivity index (χ3n) is 3.82. The molecule has 2 amide bonds. The molecule has 0 aromatic heterocycles. The fourth-order valence-electron chi connectivity index (χ4n) is 2.52. The van der Waals surface area contributed by atoms with Crippen molar-refractivity contribution in [3.63, 3.8) is 0 Å². The van der Waals surface area contributed by atoms with Crippen LogP contribution < -0.4 is 11.1 Å². The molecule has 2 aromatic rings. The van der Waals surface area contributed by atoms with Gasteiger partial charge in [0.2, 0.25) is 11.8 Å². The minimum Gasteiger partial charge on any atom is -0.368 e. The van der Waals surface area contributed by atoms with Crippen LogP contribution in [-0.4, -0.2) is 17.9 Å². The molecule has 4 nitrogen and oxygen atoms in total. The molecule has 1 atom stereocenters. The molecule has 27 heavy (non-hydrogen) atoms. The topological polar surface area (TPSA) is 72.2 Å². The number of nitrogens with two attached hydrogens (primary N) is 1. The molecule has 0 saturated carbocycles. The summed E-state index contributed by atoms with van der Waals surface area (Å²) in [5, 5.41) is 2.13. The molecule has 0 bridgehead atoms. The minimum absolute atomic E-state index is 0.244. The van der Waals surface area contributed by atoms with Crippen molar-refractivity contribution in [1.29, 1.82) is 0 Å². The SMILES string of the molecule is NC(=O)[C@@H](Cc1ccccc1C(F)(F)F)NC(=O)Cc1c(F)cccc1F. The number of benzene rings is 2. The summed E-state index contributed by atoms with van der Waals surface area (Å²) in [4.78, 5) is 23.6. The predicted octanol–water partition coefficient (Wildman–Crippen LogP) is 2.74. The van der Waals surface area contributed by atoms with E-state index in [1.165, 1.54) is 12.1 Å². The summed E-state index contributed by atoms with van der Waals surface area (Å²) in [6, 6.07) is 6.08. The van der Waals surface area contributed by atoms with E-state index in [4.69, 9.17) is 5.73 Å². The second kappa shape index (κ2) is 8.15. The Balaban J connectivity index is 2.18. The number of carbonyl (C=O) groups excluding carboxylic acids is 2. The maximum absolute atomic E-state index is 13.6. The van der Waals surface area contributed by atoms with Gasteiger partial charge in [-0.05, 0) is 23.8 Å². The Bertz CT molecular complexity index is 832. The second-order valence-electron chi connectivity index (χ2n) is 5.76. The molecule has 0 heterocycles. The number of carbonyl (C=O) groups is 2. The average Bonchev–Trinajstić information content (AvgIpc) is 2.57. The van der Waals surface area contributed by atoms with Crippen molar-refractivity contribution in [1.82, 2.24) is 5.32 Å². The molecule has 0 radical (unpaired) electrons. The summed E-state index contributed by atoms with van der Waals surface area (Å²) >= 11 is 0. The zero-order valence-corrected chi connectivity index (χ0v) is 13.8. The molecule has 0 aliphatic carbocycles. The summed E-state index contributed by atoms with van der Waals surface area (Å²) < 4.78 is 66.4. The van der Waals surface area contributed by atoms with E-state index in [-0.39, 0.29) is 5.56 Å². The fourth-order valence-corrected chi connectivity index (χ4v) is 2.52. The highest BCUT2D eigenvalue weighted by atomic mass is 19.4. The normalized spacial score (nSPS) is 12.5. The first-order chi connectivity index (χ1) is 12.6. The Labute approximate surface area is 151 Å². The number of amides is 2. The van der Waals surface area contributed by atoms with Crippen molar-refractivity contribution >= 4 is 11.8 Å². The summed E-state index contributed by atoms with van der Waals surface area (Å²) in [6.45, 7) is 0. The van der Waals surface area contributed by atoms with Gasteiger partial charge in [0.15, 0.2) is 0 Å². The molecule has 0 saturated heterocycles. The van der Waals surface area contributed by atoms with E-state index in [1.54, 1.807) is 0 Å². The molecule has 0 unspecified atom stereocenters. The number of hydrogen-bond acceptors (Lipinski definition) is 2. The molecule has 3 N–H and O–H groups in total. The van der Waals surface area contributed by atoms with Crippen LogP contribution in [0.5, 0.6) is 0 Å². The van der Waals surface area contributed by atoms with E-state index in [9.17, 15) is 31.5 Å². The lowest BCUT2D eigenvalue weighted by Gasteiger charge is -2.19. The highest BCUT2D eigenvalue weighted by Gasteiger charge is 2.34. The third kappa shape index (κ3) is 5.25. The summed E-state index contributed by atoms with van der Waals surface area (Å²) in [5.41, 5.74) is 3.43. The van der Waals surface area contributed by atoms with Crippen LogP contribution in [0.3, 0.4) is 0 Å². The Morgan fingerprint density at radius 1 is 1.00 bits per heavy atom. The van der Waals surface area contributed by atoms with Crippen LogP contribution in [0.4, 0.5) is 22.0 Å². The van der Waals surface area contributed by atoms with Gasteiger partial charge in [0.05, 0.1) is 12.0 Å². The highest BCUT2D eigenvalue weighted by molar-refractivity contribution is 5.87. The fraction of sp³-hybridized carbons (Fsp3) is 0.222. The van der Waals surface area contributed by atoms with Crippen LogP contribution >= 0.6 is 0 Å². The molecule has 9 heteroatoms. The van der Waals surface area contributed by atoms with Gasteiger partial charge in [-0.1, -0.05) is 24.3 Å². The monoisotopic (exact) mass is 386 g/mol. The van der Waals surface area contributed by atoms with E-state index in [0.29, 0.717) is 0 Å². The molecular formula is C18H15F5N2O2. The van der Waals surface area contributed by atoms with E-state index in [0.717, 1.165) is 30.3 Å². The lowest BCUT2D eigenvalue weighted by Crippen LogP contribution is -2.46. The molecular weight excluding hydrogens is 371 g/mol. The summed E-state index contributed by atoms with van der Waals surface area (Å²) in [6.07, 6.45) is -5.90. The molecule has 0 fully saturated rings. The molecule has 2 aromatic carbocycles. The average molecular weight is 386 g/mol. The molecule has 0 aliphatic heterocycles. The van der Waals surface area contributed by atoms with E-state index in [1.807, 2.05) is 0 Å². The number of rotatable bonds is 6. The quantitative estimate of drug-likeness (QED) is 0.750. The first kappa shape index (κ1) is 20.3. The van der Waals surface area contributed by atoms with Crippen molar-refractivity contribution < 1.29 is 31.5 Å². The molecule has 0 aliphatic rings. The van der Waals surface area contributed by atoms with Gasteiger partial charge < -0.3 is 11.1 Å². The predicted molar refractivity (Wildman–Crippen MR) is 86.3 cm³/mol. The van der Waals surface area contributed by atoms with Crippen molar-refractivity contribution in [2.24, 2.45) is 5.73 Å². The highest BCUT2D eigenvalue weighted by Crippen LogP contribution is 2.32. The van der Waals surface area contributed by atoms with Crippen LogP contribution in [0.25, 0.3) is 0 Å². The van der Waals surface area contributed by atoms with Gasteiger partial charge in [-0.25, -0.2) is 8.78 Å². The summed E-state index contributed by atoms with van der Waals surface area (Å²) in [5.74, 6) is -3.94. The van der Waals surface area contributed by atoms with Crippen LogP contribution in [0, 0.1) is 11.6 Å². The van der Waals surface area contributed by atoms with Gasteiger partial charge in [-0.3, -0.25) is 9.59 Å². The zero-order chi connectivity index (χ0) is 20.2. The van der Waals surface area contributed by atoms with Gasteiger partial charge in [-0.15, -0.1) is 0 Å². The lowest BCUT2D eigenvalue weighted by molar-refractivity contribution is -0.138. The number of nitrogens with one attached hydrogen (secondary N) is 1. The third-order valence-corrected chi connectivity index (χ3v) is 3.82. The standard InChI is InChI=1S/C18H15F5N2O2/c19-13-6-3-7-14(20)11(13)9-16(26)25-15(17(24)27)8-10-4-1-2-5-12(10)18(21,22)23/h1-7,15H,8-9H2,(H2,24,27)(H,25,26)/t15-/m1/s1. The maximum atomic E-state index is 13.6. The largest absolute Gasteiger partial charge is 0.416 e. The van der Waals surface area contributed by atoms with Gasteiger partial charge in [-0.2, -0.15) is 13.2 Å². The minimum atomic E-state index is -4.65. The van der Waals surface area contributed by atoms with Crippen LogP contribution in [0.1, 0.15) is 16.7 Å². The Morgan fingerprint density at radius 2 is 1.59 bits per heavy atom. The first-order valence-corrected chi connectivity index (χ1v) is 7.76. The lowest BCUT2D eigenvalue weighted by atomic mass is 9.99. The Hall–Kier alpha value is -2.97. The van der Waals surface area contributed by atoms with Gasteiger partial charge in [0.25, 0.3) is 0 Å². The van der Waals surface area contributed by atoms with Crippen molar-refractivity contribution in [2.75, 3.05) is 0 Å². The van der Waals surface area contributed by atoms with Crippen LogP contribution in [-0.2, 0) is 28.6 Å². The van der Waals surface area contributed by atoms with Crippen LogP contribution in [0.15, 0.2) is 42.5 Å². The smallest absolute Gasteiger partial charge is 0.368 e. The van der Waals surface area contributed by atoms with E-state index < -0.39 is 59.6 Å². The molecule has 2 rings (SSSR count). The number of hydrogen-bond donors (Lipinski definition) is 2. The molecule has 144 valence electrons. The second-order valence-corrected chi connectivity index (χ2v) is 5.76. The first-order valence-electron chi connectivity index (χ1n) is 7.76. The van der Waals surface area contributed by atoms with E-state index >= 15 is 0 Å².